The Balaban J connectivity index is 1.57. The highest BCUT2D eigenvalue weighted by molar-refractivity contribution is 5.94. The summed E-state index contributed by atoms with van der Waals surface area (Å²) in [6.07, 6.45) is 0.155. The monoisotopic (exact) mass is 392 g/mol. The second kappa shape index (κ2) is 7.01. The summed E-state index contributed by atoms with van der Waals surface area (Å²) in [6, 6.07) is 6.87. The second-order valence-corrected chi connectivity index (χ2v) is 6.96. The van der Waals surface area contributed by atoms with Gasteiger partial charge in [0.15, 0.2) is 5.58 Å². The van der Waals surface area contributed by atoms with Gasteiger partial charge in [0.05, 0.1) is 17.6 Å². The third kappa shape index (κ3) is 3.66. The number of hydrogen-bond acceptors (Lipinski definition) is 6. The number of rotatable bonds is 4. The van der Waals surface area contributed by atoms with Crippen LogP contribution in [0.2, 0.25) is 0 Å². The molecule has 0 saturated heterocycles. The van der Waals surface area contributed by atoms with Crippen molar-refractivity contribution in [2.75, 3.05) is 5.32 Å². The lowest BCUT2D eigenvalue weighted by atomic mass is 10.1. The molecule has 1 aromatic carbocycles. The maximum absolute atomic E-state index is 12.6. The van der Waals surface area contributed by atoms with Crippen LogP contribution in [0.3, 0.4) is 0 Å². The predicted molar refractivity (Wildman–Crippen MR) is 107 cm³/mol. The van der Waals surface area contributed by atoms with Gasteiger partial charge < -0.3 is 9.73 Å². The van der Waals surface area contributed by atoms with E-state index in [2.05, 4.69) is 25.4 Å². The van der Waals surface area contributed by atoms with Crippen molar-refractivity contribution < 1.29 is 9.21 Å². The molecular formula is C20H20N6O3. The van der Waals surface area contributed by atoms with Crippen molar-refractivity contribution in [1.29, 1.82) is 0 Å². The zero-order chi connectivity index (χ0) is 20.7. The highest BCUT2D eigenvalue weighted by atomic mass is 16.4. The quantitative estimate of drug-likeness (QED) is 0.551. The number of anilines is 1. The van der Waals surface area contributed by atoms with Gasteiger partial charge >= 0.3 is 5.76 Å². The van der Waals surface area contributed by atoms with Gasteiger partial charge in [-0.05, 0) is 52.0 Å². The van der Waals surface area contributed by atoms with Crippen molar-refractivity contribution in [3.8, 4) is 5.95 Å². The maximum Gasteiger partial charge on any atom is 0.417 e. The first kappa shape index (κ1) is 18.6. The number of H-pyrrole nitrogens is 1. The number of nitrogens with zero attached hydrogens (tertiary/aromatic N) is 4. The first-order chi connectivity index (χ1) is 13.8. The highest BCUT2D eigenvalue weighted by Crippen LogP contribution is 2.19. The van der Waals surface area contributed by atoms with Gasteiger partial charge in [-0.1, -0.05) is 0 Å². The maximum atomic E-state index is 12.6. The van der Waals surface area contributed by atoms with Crippen LogP contribution in [-0.4, -0.2) is 30.6 Å². The molecule has 4 aromatic rings. The fraction of sp³-hybridized carbons (Fsp3) is 0.250. The molecule has 9 heteroatoms. The molecule has 0 aliphatic rings. The number of fused-ring (bicyclic) bond motifs is 1. The predicted octanol–water partition coefficient (Wildman–Crippen LogP) is 2.51. The Bertz CT molecular complexity index is 1280. The van der Waals surface area contributed by atoms with E-state index >= 15 is 0 Å². The summed E-state index contributed by atoms with van der Waals surface area (Å²) in [6.45, 7) is 7.56. The Labute approximate surface area is 165 Å². The van der Waals surface area contributed by atoms with Crippen molar-refractivity contribution in [3.63, 3.8) is 0 Å². The van der Waals surface area contributed by atoms with Crippen molar-refractivity contribution in [2.45, 2.75) is 34.1 Å². The smallest absolute Gasteiger partial charge is 0.408 e. The fourth-order valence-corrected chi connectivity index (χ4v) is 3.32. The molecule has 0 bridgehead atoms. The van der Waals surface area contributed by atoms with E-state index in [0.29, 0.717) is 22.7 Å². The van der Waals surface area contributed by atoms with Crippen molar-refractivity contribution >= 4 is 22.7 Å². The van der Waals surface area contributed by atoms with Crippen LogP contribution in [0.15, 0.2) is 33.5 Å². The largest absolute Gasteiger partial charge is 0.417 e. The van der Waals surface area contributed by atoms with Crippen LogP contribution < -0.4 is 11.1 Å². The summed E-state index contributed by atoms with van der Waals surface area (Å²) < 4.78 is 6.64. The first-order valence-corrected chi connectivity index (χ1v) is 9.10. The minimum atomic E-state index is -0.532. The number of benzene rings is 1. The van der Waals surface area contributed by atoms with Gasteiger partial charge in [-0.25, -0.2) is 19.4 Å². The van der Waals surface area contributed by atoms with Gasteiger partial charge in [0.25, 0.3) is 5.95 Å². The van der Waals surface area contributed by atoms with E-state index in [1.165, 1.54) is 0 Å². The van der Waals surface area contributed by atoms with Crippen LogP contribution in [0.25, 0.3) is 17.0 Å². The summed E-state index contributed by atoms with van der Waals surface area (Å²) >= 11 is 0. The summed E-state index contributed by atoms with van der Waals surface area (Å²) in [7, 11) is 0. The van der Waals surface area contributed by atoms with Crippen LogP contribution in [0.5, 0.6) is 0 Å². The number of aromatic amines is 1. The van der Waals surface area contributed by atoms with Gasteiger partial charge in [0.1, 0.15) is 0 Å². The molecule has 0 saturated carbocycles. The number of hydrogen-bond donors (Lipinski definition) is 2. The summed E-state index contributed by atoms with van der Waals surface area (Å²) in [5, 5.41) is 7.37. The average Bonchev–Trinajstić information content (AvgIpc) is 3.14. The molecule has 3 heterocycles. The first-order valence-electron chi connectivity index (χ1n) is 9.10. The molecule has 0 spiro atoms. The Morgan fingerprint density at radius 2 is 1.86 bits per heavy atom. The zero-order valence-corrected chi connectivity index (χ0v) is 16.5. The Morgan fingerprint density at radius 3 is 2.59 bits per heavy atom. The molecule has 29 heavy (non-hydrogen) atoms. The normalized spacial score (nSPS) is 11.2. The molecule has 0 atom stereocenters. The van der Waals surface area contributed by atoms with Crippen LogP contribution in [0.1, 0.15) is 28.3 Å². The third-order valence-corrected chi connectivity index (χ3v) is 4.64. The molecule has 9 nitrogen and oxygen atoms in total. The molecule has 0 aliphatic carbocycles. The summed E-state index contributed by atoms with van der Waals surface area (Å²) in [5.74, 6) is -0.234. The third-order valence-electron chi connectivity index (χ3n) is 4.64. The number of nitrogens with one attached hydrogen (secondary N) is 2. The van der Waals surface area contributed by atoms with E-state index in [1.807, 2.05) is 33.8 Å². The number of aryl methyl sites for hydroxylation is 3. The van der Waals surface area contributed by atoms with Gasteiger partial charge in [-0.2, -0.15) is 5.10 Å². The molecule has 2 N–H and O–H groups in total. The highest BCUT2D eigenvalue weighted by Gasteiger charge is 2.18. The molecule has 0 unspecified atom stereocenters. The molecular weight excluding hydrogens is 372 g/mol. The number of carbonyl (C=O) groups is 1. The zero-order valence-electron chi connectivity index (χ0n) is 16.5. The molecule has 148 valence electrons. The van der Waals surface area contributed by atoms with Crippen LogP contribution in [0.4, 0.5) is 5.69 Å². The van der Waals surface area contributed by atoms with Crippen molar-refractivity contribution in [3.05, 3.63) is 63.2 Å². The summed E-state index contributed by atoms with van der Waals surface area (Å²) in [5.41, 5.74) is 5.63. The standard InChI is InChI=1S/C20H20N6O3/c1-10-7-11(2)22-19(21-10)26-13(4)15(12(3)25-26)9-18(27)23-14-5-6-17-16(8-14)24-20(28)29-17/h5-8H,9H2,1-4H3,(H,23,27)(H,24,28). The Morgan fingerprint density at radius 1 is 1.14 bits per heavy atom. The van der Waals surface area contributed by atoms with Gasteiger partial charge in [-0.15, -0.1) is 0 Å². The number of carbonyl (C=O) groups excluding carboxylic acids is 1. The van der Waals surface area contributed by atoms with Gasteiger partial charge in [-0.3, -0.25) is 9.78 Å². The van der Waals surface area contributed by atoms with Gasteiger partial charge in [0, 0.05) is 28.3 Å². The lowest BCUT2D eigenvalue weighted by Crippen LogP contribution is -2.15. The van der Waals surface area contributed by atoms with Crippen LogP contribution in [-0.2, 0) is 11.2 Å². The van der Waals surface area contributed by atoms with E-state index in [0.717, 1.165) is 28.3 Å². The number of amides is 1. The molecule has 4 rings (SSSR count). The second-order valence-electron chi connectivity index (χ2n) is 6.96. The topological polar surface area (TPSA) is 119 Å². The molecule has 0 radical (unpaired) electrons. The van der Waals surface area contributed by atoms with E-state index in [1.54, 1.807) is 22.9 Å². The Kier molecular flexibility index (Phi) is 4.50. The van der Waals surface area contributed by atoms with E-state index in [-0.39, 0.29) is 12.3 Å². The van der Waals surface area contributed by atoms with Crippen molar-refractivity contribution in [2.24, 2.45) is 0 Å². The minimum absolute atomic E-state index is 0.155. The molecule has 0 aliphatic heterocycles. The van der Waals surface area contributed by atoms with Crippen LogP contribution >= 0.6 is 0 Å². The van der Waals surface area contributed by atoms with Crippen LogP contribution in [0, 0.1) is 27.7 Å². The number of aromatic nitrogens is 5. The van der Waals surface area contributed by atoms with E-state index in [9.17, 15) is 9.59 Å². The SMILES string of the molecule is Cc1cc(C)nc(-n2nc(C)c(CC(=O)Nc3ccc4oc(=O)[nH]c4c3)c2C)n1. The average molecular weight is 392 g/mol. The van der Waals surface area contributed by atoms with Crippen molar-refractivity contribution in [1.82, 2.24) is 24.7 Å². The molecule has 1 amide bonds. The minimum Gasteiger partial charge on any atom is -0.408 e. The number of oxazole rings is 1. The lowest BCUT2D eigenvalue weighted by Gasteiger charge is -2.07. The Hall–Kier alpha value is -3.75. The molecule has 0 fully saturated rings. The van der Waals surface area contributed by atoms with E-state index < -0.39 is 5.76 Å². The van der Waals surface area contributed by atoms with Gasteiger partial charge in [0.2, 0.25) is 5.91 Å². The summed E-state index contributed by atoms with van der Waals surface area (Å²) in [4.78, 5) is 35.3. The molecule has 3 aromatic heterocycles. The fourth-order valence-electron chi connectivity index (χ4n) is 3.32. The lowest BCUT2D eigenvalue weighted by molar-refractivity contribution is -0.115. The van der Waals surface area contributed by atoms with E-state index in [4.69, 9.17) is 4.42 Å².